The van der Waals surface area contributed by atoms with Crippen molar-refractivity contribution >= 4 is 23.4 Å². The lowest BCUT2D eigenvalue weighted by Crippen LogP contribution is -2.34. The summed E-state index contributed by atoms with van der Waals surface area (Å²) < 4.78 is 6.62. The summed E-state index contributed by atoms with van der Waals surface area (Å²) in [4.78, 5) is 17.2. The summed E-state index contributed by atoms with van der Waals surface area (Å²) in [7, 11) is 1.62. The summed E-state index contributed by atoms with van der Waals surface area (Å²) >= 11 is 1.38. The summed E-state index contributed by atoms with van der Waals surface area (Å²) in [6.07, 6.45) is 1.76. The standard InChI is InChI=1S/C21H25N5O2S/c1-6-26-18(15-12-17(28-5)14(2)22-13-15)24-25-20(26)29-21(3,4)19(27)23-16-10-8-7-9-11-16/h7-13H,6H2,1-5H3,(H,23,27). The van der Waals surface area contributed by atoms with E-state index in [0.717, 1.165) is 16.9 Å². The first-order valence-corrected chi connectivity index (χ1v) is 10.2. The topological polar surface area (TPSA) is 81.9 Å². The van der Waals surface area contributed by atoms with Crippen LogP contribution in [0.15, 0.2) is 47.8 Å². The molecule has 8 heteroatoms. The van der Waals surface area contributed by atoms with Gasteiger partial charge in [-0.25, -0.2) is 0 Å². The number of hydrogen-bond donors (Lipinski definition) is 1. The number of anilines is 1. The van der Waals surface area contributed by atoms with Crippen LogP contribution in [0, 0.1) is 6.92 Å². The Bertz CT molecular complexity index is 1000. The molecule has 0 bridgehead atoms. The van der Waals surface area contributed by atoms with Crippen LogP contribution in [-0.2, 0) is 11.3 Å². The van der Waals surface area contributed by atoms with Crippen LogP contribution in [-0.4, -0.2) is 37.5 Å². The number of carbonyl (C=O) groups is 1. The molecule has 7 nitrogen and oxygen atoms in total. The first-order chi connectivity index (χ1) is 13.9. The van der Waals surface area contributed by atoms with E-state index < -0.39 is 4.75 Å². The van der Waals surface area contributed by atoms with Crippen molar-refractivity contribution in [3.05, 3.63) is 48.3 Å². The van der Waals surface area contributed by atoms with Crippen LogP contribution in [0.3, 0.4) is 0 Å². The van der Waals surface area contributed by atoms with Gasteiger partial charge in [0.2, 0.25) is 5.91 Å². The van der Waals surface area contributed by atoms with E-state index in [1.165, 1.54) is 11.8 Å². The molecule has 29 heavy (non-hydrogen) atoms. The third kappa shape index (κ3) is 4.59. The van der Waals surface area contributed by atoms with Gasteiger partial charge in [-0.1, -0.05) is 30.0 Å². The van der Waals surface area contributed by atoms with Gasteiger partial charge in [-0.05, 0) is 45.9 Å². The summed E-state index contributed by atoms with van der Waals surface area (Å²) in [5, 5.41) is 12.3. The lowest BCUT2D eigenvalue weighted by molar-refractivity contribution is -0.117. The molecule has 0 spiro atoms. The van der Waals surface area contributed by atoms with E-state index >= 15 is 0 Å². The number of amides is 1. The number of thioether (sulfide) groups is 1. The molecule has 152 valence electrons. The highest BCUT2D eigenvalue weighted by molar-refractivity contribution is 8.01. The Labute approximate surface area is 174 Å². The van der Waals surface area contributed by atoms with Gasteiger partial charge in [0.15, 0.2) is 11.0 Å². The molecule has 2 aromatic heterocycles. The lowest BCUT2D eigenvalue weighted by atomic mass is 10.2. The van der Waals surface area contributed by atoms with Gasteiger partial charge in [0.05, 0.1) is 17.6 Å². The average molecular weight is 412 g/mol. The maximum absolute atomic E-state index is 12.8. The summed E-state index contributed by atoms with van der Waals surface area (Å²) in [5.41, 5.74) is 2.40. The fourth-order valence-corrected chi connectivity index (χ4v) is 3.79. The number of nitrogens with one attached hydrogen (secondary N) is 1. The number of carbonyl (C=O) groups excluding carboxylic acids is 1. The van der Waals surface area contributed by atoms with E-state index in [4.69, 9.17) is 4.74 Å². The largest absolute Gasteiger partial charge is 0.495 e. The molecule has 2 heterocycles. The van der Waals surface area contributed by atoms with Crippen LogP contribution in [0.2, 0.25) is 0 Å². The van der Waals surface area contributed by atoms with Crippen molar-refractivity contribution < 1.29 is 9.53 Å². The van der Waals surface area contributed by atoms with Gasteiger partial charge < -0.3 is 14.6 Å². The number of rotatable bonds is 7. The molecule has 1 aromatic carbocycles. The number of aryl methyl sites for hydroxylation is 1. The molecule has 0 saturated heterocycles. The second-order valence-corrected chi connectivity index (χ2v) is 8.58. The molecule has 1 amide bonds. The van der Waals surface area contributed by atoms with Crippen LogP contribution in [0.4, 0.5) is 5.69 Å². The van der Waals surface area contributed by atoms with Gasteiger partial charge in [0.1, 0.15) is 5.75 Å². The van der Waals surface area contributed by atoms with Crippen molar-refractivity contribution in [2.75, 3.05) is 12.4 Å². The van der Waals surface area contributed by atoms with E-state index in [2.05, 4.69) is 20.5 Å². The summed E-state index contributed by atoms with van der Waals surface area (Å²) in [6.45, 7) is 8.33. The Morgan fingerprint density at radius 3 is 2.62 bits per heavy atom. The van der Waals surface area contributed by atoms with Gasteiger partial charge in [-0.3, -0.25) is 9.78 Å². The molecular formula is C21H25N5O2S. The zero-order valence-electron chi connectivity index (χ0n) is 17.3. The monoisotopic (exact) mass is 411 g/mol. The van der Waals surface area contributed by atoms with Crippen molar-refractivity contribution in [2.45, 2.75) is 44.1 Å². The minimum atomic E-state index is -0.740. The first kappa shape index (κ1) is 20.9. The molecule has 0 unspecified atom stereocenters. The van der Waals surface area contributed by atoms with Gasteiger partial charge in [-0.15, -0.1) is 10.2 Å². The Balaban J connectivity index is 1.85. The number of nitrogens with zero attached hydrogens (tertiary/aromatic N) is 4. The van der Waals surface area contributed by atoms with Crippen LogP contribution in [0.25, 0.3) is 11.4 Å². The Kier molecular flexibility index (Phi) is 6.22. The predicted octanol–water partition coefficient (Wildman–Crippen LogP) is 4.19. The van der Waals surface area contributed by atoms with E-state index in [1.54, 1.807) is 13.3 Å². The first-order valence-electron chi connectivity index (χ1n) is 9.35. The molecule has 0 aliphatic rings. The molecule has 1 N–H and O–H groups in total. The molecule has 0 atom stereocenters. The van der Waals surface area contributed by atoms with Crippen molar-refractivity contribution in [1.29, 1.82) is 0 Å². The van der Waals surface area contributed by atoms with Crippen LogP contribution in [0.5, 0.6) is 5.75 Å². The number of pyridine rings is 1. The second kappa shape index (κ2) is 8.65. The highest BCUT2D eigenvalue weighted by atomic mass is 32.2. The van der Waals surface area contributed by atoms with Gasteiger partial charge >= 0.3 is 0 Å². The number of ether oxygens (including phenoxy) is 1. The average Bonchev–Trinajstić information content (AvgIpc) is 3.11. The predicted molar refractivity (Wildman–Crippen MR) is 115 cm³/mol. The summed E-state index contributed by atoms with van der Waals surface area (Å²) in [5.74, 6) is 1.30. The smallest absolute Gasteiger partial charge is 0.240 e. The van der Waals surface area contributed by atoms with Gasteiger partial charge in [-0.2, -0.15) is 0 Å². The van der Waals surface area contributed by atoms with Crippen molar-refractivity contribution in [2.24, 2.45) is 0 Å². The fourth-order valence-electron chi connectivity index (χ4n) is 2.78. The van der Waals surface area contributed by atoms with E-state index in [-0.39, 0.29) is 5.91 Å². The molecule has 0 fully saturated rings. The number of methoxy groups -OCH3 is 1. The van der Waals surface area contributed by atoms with E-state index in [0.29, 0.717) is 23.3 Å². The highest BCUT2D eigenvalue weighted by Crippen LogP contribution is 2.35. The third-order valence-electron chi connectivity index (χ3n) is 4.48. The zero-order chi connectivity index (χ0) is 21.0. The van der Waals surface area contributed by atoms with Crippen molar-refractivity contribution in [3.8, 4) is 17.1 Å². The number of hydrogen-bond acceptors (Lipinski definition) is 6. The van der Waals surface area contributed by atoms with E-state index in [1.807, 2.05) is 68.7 Å². The fraction of sp³-hybridized carbons (Fsp3) is 0.333. The molecule has 0 aliphatic carbocycles. The van der Waals surface area contributed by atoms with Gasteiger partial charge in [0, 0.05) is 24.0 Å². The Morgan fingerprint density at radius 1 is 1.24 bits per heavy atom. The second-order valence-electron chi connectivity index (χ2n) is 6.99. The number of aromatic nitrogens is 4. The van der Waals surface area contributed by atoms with Crippen LogP contribution < -0.4 is 10.1 Å². The zero-order valence-corrected chi connectivity index (χ0v) is 18.1. The molecule has 0 radical (unpaired) electrons. The molecule has 0 aliphatic heterocycles. The SMILES string of the molecule is CCn1c(SC(C)(C)C(=O)Nc2ccccc2)nnc1-c1cnc(C)c(OC)c1. The van der Waals surface area contributed by atoms with Crippen LogP contribution >= 0.6 is 11.8 Å². The third-order valence-corrected chi connectivity index (χ3v) is 5.66. The number of para-hydroxylation sites is 1. The Morgan fingerprint density at radius 2 is 1.97 bits per heavy atom. The molecule has 0 saturated carbocycles. The molecule has 3 aromatic rings. The maximum Gasteiger partial charge on any atom is 0.240 e. The van der Waals surface area contributed by atoms with Gasteiger partial charge in [0.25, 0.3) is 0 Å². The van der Waals surface area contributed by atoms with Crippen molar-refractivity contribution in [3.63, 3.8) is 0 Å². The lowest BCUT2D eigenvalue weighted by Gasteiger charge is -2.22. The van der Waals surface area contributed by atoms with Crippen molar-refractivity contribution in [1.82, 2.24) is 19.7 Å². The highest BCUT2D eigenvalue weighted by Gasteiger charge is 2.32. The minimum Gasteiger partial charge on any atom is -0.495 e. The summed E-state index contributed by atoms with van der Waals surface area (Å²) in [6, 6.07) is 11.3. The normalized spacial score (nSPS) is 11.3. The maximum atomic E-state index is 12.8. The quantitative estimate of drug-likeness (QED) is 0.587. The molecule has 3 rings (SSSR count). The van der Waals surface area contributed by atoms with E-state index in [9.17, 15) is 4.79 Å². The Hall–Kier alpha value is -2.87. The minimum absolute atomic E-state index is 0.0976. The number of benzene rings is 1. The molecular weight excluding hydrogens is 386 g/mol. The van der Waals surface area contributed by atoms with Crippen LogP contribution in [0.1, 0.15) is 26.5 Å².